The molecule has 0 aliphatic heterocycles. The van der Waals surface area contributed by atoms with Crippen molar-refractivity contribution in [1.82, 2.24) is 4.90 Å². The van der Waals surface area contributed by atoms with E-state index in [0.29, 0.717) is 12.6 Å². The molecule has 1 rings (SSSR count). The summed E-state index contributed by atoms with van der Waals surface area (Å²) in [7, 11) is 2.13. The minimum Gasteiger partial charge on any atom is -0.303 e. The van der Waals surface area contributed by atoms with Crippen LogP contribution in [0.4, 0.5) is 0 Å². The summed E-state index contributed by atoms with van der Waals surface area (Å²) in [5.74, 6) is 0.857. The first-order valence-electron chi connectivity index (χ1n) is 5.45. The van der Waals surface area contributed by atoms with Gasteiger partial charge >= 0.3 is 0 Å². The van der Waals surface area contributed by atoms with Gasteiger partial charge in [0.1, 0.15) is 0 Å². The van der Waals surface area contributed by atoms with Crippen molar-refractivity contribution in [3.05, 3.63) is 10.4 Å². The Hall–Kier alpha value is -0.730. The van der Waals surface area contributed by atoms with Crippen LogP contribution in [0, 0.1) is 5.92 Å². The minimum atomic E-state index is 0.595. The third kappa shape index (κ3) is 3.56. The number of hydrogen-bond acceptors (Lipinski definition) is 2. The van der Waals surface area contributed by atoms with Gasteiger partial charge in [-0.3, -0.25) is 0 Å². The second-order valence-electron chi connectivity index (χ2n) is 4.36. The smallest absolute Gasteiger partial charge is 0.0385 e. The molecule has 2 atom stereocenters. The third-order valence-corrected chi connectivity index (χ3v) is 3.15. The van der Waals surface area contributed by atoms with Crippen LogP contribution >= 0.6 is 0 Å². The van der Waals surface area contributed by atoms with Gasteiger partial charge in [-0.25, -0.2) is 0 Å². The van der Waals surface area contributed by atoms with Crippen LogP contribution in [0.5, 0.6) is 0 Å². The number of likely N-dealkylation sites (N-methyl/N-ethyl adjacent to an activating group) is 1. The lowest BCUT2D eigenvalue weighted by molar-refractivity contribution is 0.168. The van der Waals surface area contributed by atoms with Gasteiger partial charge in [0.15, 0.2) is 0 Å². The van der Waals surface area contributed by atoms with Crippen LogP contribution in [-0.2, 0) is 0 Å². The van der Waals surface area contributed by atoms with E-state index < -0.39 is 0 Å². The van der Waals surface area contributed by atoms with Crippen molar-refractivity contribution in [3.8, 4) is 0 Å². The van der Waals surface area contributed by atoms with E-state index in [1.807, 2.05) is 0 Å². The van der Waals surface area contributed by atoms with Gasteiger partial charge in [0.25, 0.3) is 0 Å². The maximum absolute atomic E-state index is 8.17. The van der Waals surface area contributed by atoms with Crippen LogP contribution in [0.15, 0.2) is 5.11 Å². The first kappa shape index (κ1) is 11.3. The molecule has 2 unspecified atom stereocenters. The van der Waals surface area contributed by atoms with Crippen LogP contribution in [0.1, 0.15) is 32.6 Å². The van der Waals surface area contributed by atoms with E-state index in [1.165, 1.54) is 25.7 Å². The summed E-state index contributed by atoms with van der Waals surface area (Å²) in [4.78, 5) is 5.10. The molecule has 4 nitrogen and oxygen atoms in total. The molecule has 1 aliphatic rings. The number of nitrogens with zero attached hydrogens (tertiary/aromatic N) is 4. The van der Waals surface area contributed by atoms with Gasteiger partial charge in [0.2, 0.25) is 0 Å². The monoisotopic (exact) mass is 196 g/mol. The molecule has 80 valence electrons. The van der Waals surface area contributed by atoms with Gasteiger partial charge in [-0.05, 0) is 31.3 Å². The summed E-state index contributed by atoms with van der Waals surface area (Å²) in [6, 6.07) is 0.702. The molecule has 0 amide bonds. The zero-order valence-corrected chi connectivity index (χ0v) is 9.19. The van der Waals surface area contributed by atoms with Crippen molar-refractivity contribution in [2.24, 2.45) is 11.0 Å². The standard InChI is InChI=1S/C10H20N4/c1-9-4-3-5-10(8-9)14(2)7-6-12-13-11/h9-10H,3-8H2,1-2H3. The quantitative estimate of drug-likeness (QED) is 0.387. The number of hydrogen-bond donors (Lipinski definition) is 0. The lowest BCUT2D eigenvalue weighted by Gasteiger charge is -2.33. The Labute approximate surface area is 85.9 Å². The second-order valence-corrected chi connectivity index (χ2v) is 4.36. The van der Waals surface area contributed by atoms with Crippen LogP contribution in [0.3, 0.4) is 0 Å². The van der Waals surface area contributed by atoms with Crippen molar-refractivity contribution >= 4 is 0 Å². The molecule has 0 N–H and O–H groups in total. The van der Waals surface area contributed by atoms with Crippen molar-refractivity contribution in [1.29, 1.82) is 0 Å². The maximum Gasteiger partial charge on any atom is 0.0385 e. The highest BCUT2D eigenvalue weighted by atomic mass is 15.2. The minimum absolute atomic E-state index is 0.595. The Kier molecular flexibility index (Phi) is 4.77. The molecule has 1 saturated carbocycles. The molecular formula is C10H20N4. The highest BCUT2D eigenvalue weighted by Gasteiger charge is 2.21. The van der Waals surface area contributed by atoms with E-state index in [4.69, 9.17) is 5.53 Å². The third-order valence-electron chi connectivity index (χ3n) is 3.15. The highest BCUT2D eigenvalue weighted by Crippen LogP contribution is 2.26. The largest absolute Gasteiger partial charge is 0.303 e. The van der Waals surface area contributed by atoms with Crippen LogP contribution in [-0.4, -0.2) is 31.1 Å². The van der Waals surface area contributed by atoms with E-state index in [1.54, 1.807) is 0 Å². The number of azide groups is 1. The summed E-state index contributed by atoms with van der Waals surface area (Å²) in [5.41, 5.74) is 8.17. The first-order chi connectivity index (χ1) is 6.74. The van der Waals surface area contributed by atoms with Gasteiger partial charge in [0, 0.05) is 24.0 Å². The van der Waals surface area contributed by atoms with Crippen molar-refractivity contribution in [3.63, 3.8) is 0 Å². The van der Waals surface area contributed by atoms with Gasteiger partial charge in [-0.1, -0.05) is 24.9 Å². The van der Waals surface area contributed by atoms with Gasteiger partial charge in [-0.2, -0.15) is 0 Å². The zero-order valence-electron chi connectivity index (χ0n) is 9.19. The average molecular weight is 196 g/mol. The fourth-order valence-corrected chi connectivity index (χ4v) is 2.23. The molecular weight excluding hydrogens is 176 g/mol. The van der Waals surface area contributed by atoms with Gasteiger partial charge in [-0.15, -0.1) is 0 Å². The molecule has 0 heterocycles. The van der Waals surface area contributed by atoms with Gasteiger partial charge in [0.05, 0.1) is 0 Å². The summed E-state index contributed by atoms with van der Waals surface area (Å²) < 4.78 is 0. The Morgan fingerprint density at radius 3 is 2.93 bits per heavy atom. The SMILES string of the molecule is CC1CCCC(N(C)CCN=[N+]=[N-])C1. The molecule has 0 bridgehead atoms. The molecule has 0 radical (unpaired) electrons. The molecule has 0 aromatic heterocycles. The average Bonchev–Trinajstić information content (AvgIpc) is 2.18. The Morgan fingerprint density at radius 1 is 1.50 bits per heavy atom. The summed E-state index contributed by atoms with van der Waals surface area (Å²) in [5, 5.41) is 3.56. The molecule has 0 aromatic carbocycles. The maximum atomic E-state index is 8.17. The van der Waals surface area contributed by atoms with Crippen molar-refractivity contribution in [2.75, 3.05) is 20.1 Å². The van der Waals surface area contributed by atoms with E-state index in [0.717, 1.165) is 12.5 Å². The van der Waals surface area contributed by atoms with Crippen molar-refractivity contribution < 1.29 is 0 Å². The lowest BCUT2D eigenvalue weighted by atomic mass is 9.86. The Balaban J connectivity index is 2.28. The Bertz CT molecular complexity index is 210. The summed E-state index contributed by atoms with van der Waals surface area (Å²) >= 11 is 0. The first-order valence-corrected chi connectivity index (χ1v) is 5.45. The normalized spacial score (nSPS) is 27.4. The van der Waals surface area contributed by atoms with Crippen LogP contribution < -0.4 is 0 Å². The fraction of sp³-hybridized carbons (Fsp3) is 1.00. The zero-order chi connectivity index (χ0) is 10.4. The summed E-state index contributed by atoms with van der Waals surface area (Å²) in [6.45, 7) is 3.81. The molecule has 4 heteroatoms. The molecule has 0 aromatic rings. The van der Waals surface area contributed by atoms with Crippen LogP contribution in [0.2, 0.25) is 0 Å². The fourth-order valence-electron chi connectivity index (χ4n) is 2.23. The Morgan fingerprint density at radius 2 is 2.29 bits per heavy atom. The van der Waals surface area contributed by atoms with E-state index >= 15 is 0 Å². The highest BCUT2D eigenvalue weighted by molar-refractivity contribution is 4.77. The molecule has 1 aliphatic carbocycles. The lowest BCUT2D eigenvalue weighted by Crippen LogP contribution is -2.36. The predicted octanol–water partition coefficient (Wildman–Crippen LogP) is 2.81. The van der Waals surface area contributed by atoms with Crippen molar-refractivity contribution in [2.45, 2.75) is 38.6 Å². The van der Waals surface area contributed by atoms with E-state index in [2.05, 4.69) is 28.9 Å². The van der Waals surface area contributed by atoms with Gasteiger partial charge < -0.3 is 4.90 Å². The predicted molar refractivity (Wildman–Crippen MR) is 58.1 cm³/mol. The topological polar surface area (TPSA) is 52.0 Å². The van der Waals surface area contributed by atoms with E-state index in [-0.39, 0.29) is 0 Å². The molecule has 1 fully saturated rings. The molecule has 0 spiro atoms. The molecule has 0 saturated heterocycles. The summed E-state index contributed by atoms with van der Waals surface area (Å²) in [6.07, 6.45) is 5.32. The molecule has 14 heavy (non-hydrogen) atoms. The second kappa shape index (κ2) is 5.89. The number of rotatable bonds is 4. The van der Waals surface area contributed by atoms with E-state index in [9.17, 15) is 0 Å². The van der Waals surface area contributed by atoms with Crippen LogP contribution in [0.25, 0.3) is 10.4 Å².